The Hall–Kier alpha value is -2.68. The number of esters is 1. The lowest BCUT2D eigenvalue weighted by molar-refractivity contribution is -0.142. The van der Waals surface area contributed by atoms with E-state index in [1.165, 1.54) is 0 Å². The van der Waals surface area contributed by atoms with Crippen LogP contribution >= 0.6 is 15.9 Å². The van der Waals surface area contributed by atoms with Crippen LogP contribution in [0.15, 0.2) is 53.0 Å². The first kappa shape index (κ1) is 26.9. The van der Waals surface area contributed by atoms with Gasteiger partial charge in [-0.05, 0) is 64.2 Å². The SMILES string of the molecule is CCN(CC)CC(O)CNC(=O)c1c(OC(=O)C(C)(C)C)c2cc(Br)ccc2n1-c1ccccc1. The predicted octanol–water partition coefficient (Wildman–Crippen LogP) is 4.78. The normalized spacial score (nSPS) is 12.7. The zero-order valence-electron chi connectivity index (χ0n) is 21.0. The van der Waals surface area contributed by atoms with Crippen LogP contribution in [0.5, 0.6) is 5.75 Å². The molecular weight excluding hydrogens is 510 g/mol. The van der Waals surface area contributed by atoms with E-state index >= 15 is 0 Å². The van der Waals surface area contributed by atoms with Crippen molar-refractivity contribution in [3.8, 4) is 11.4 Å². The fourth-order valence-corrected chi connectivity index (χ4v) is 4.13. The zero-order valence-corrected chi connectivity index (χ0v) is 22.6. The molecule has 0 saturated heterocycles. The van der Waals surface area contributed by atoms with E-state index in [9.17, 15) is 14.7 Å². The van der Waals surface area contributed by atoms with Gasteiger partial charge in [-0.3, -0.25) is 9.59 Å². The summed E-state index contributed by atoms with van der Waals surface area (Å²) in [7, 11) is 0. The number of carbonyl (C=O) groups is 2. The van der Waals surface area contributed by atoms with Crippen LogP contribution in [-0.4, -0.2) is 58.7 Å². The molecule has 3 rings (SSSR count). The highest BCUT2D eigenvalue weighted by atomic mass is 79.9. The Morgan fingerprint density at radius 2 is 1.77 bits per heavy atom. The highest BCUT2D eigenvalue weighted by Crippen LogP contribution is 2.38. The number of benzene rings is 2. The maximum absolute atomic E-state index is 13.6. The standard InChI is InChI=1S/C27H34BrN3O4/c1-6-30(7-2)17-20(32)16-29-25(33)23-24(35-26(34)27(3,4)5)21-15-18(28)13-14-22(21)31(23)19-11-9-8-10-12-19/h8-15,20,32H,6-7,16-17H2,1-5H3,(H,29,33). The topological polar surface area (TPSA) is 83.8 Å². The van der Waals surface area contributed by atoms with Gasteiger partial charge in [-0.15, -0.1) is 0 Å². The van der Waals surface area contributed by atoms with Gasteiger partial charge in [-0.25, -0.2) is 0 Å². The molecule has 7 nitrogen and oxygen atoms in total. The molecule has 0 aliphatic heterocycles. The number of hydrogen-bond donors (Lipinski definition) is 2. The zero-order chi connectivity index (χ0) is 25.8. The molecule has 0 aliphatic carbocycles. The highest BCUT2D eigenvalue weighted by Gasteiger charge is 2.31. The third-order valence-electron chi connectivity index (χ3n) is 5.78. The van der Waals surface area contributed by atoms with Crippen molar-refractivity contribution >= 4 is 38.7 Å². The third-order valence-corrected chi connectivity index (χ3v) is 6.27. The molecule has 2 aromatic carbocycles. The van der Waals surface area contributed by atoms with E-state index < -0.39 is 23.4 Å². The fourth-order valence-electron chi connectivity index (χ4n) is 3.77. The van der Waals surface area contributed by atoms with Crippen LogP contribution in [0.25, 0.3) is 16.6 Å². The van der Waals surface area contributed by atoms with Crippen LogP contribution in [0.2, 0.25) is 0 Å². The Morgan fingerprint density at radius 3 is 2.37 bits per heavy atom. The lowest BCUT2D eigenvalue weighted by Crippen LogP contribution is -2.40. The van der Waals surface area contributed by atoms with Gasteiger partial charge >= 0.3 is 5.97 Å². The molecule has 8 heteroatoms. The minimum Gasteiger partial charge on any atom is -0.423 e. The largest absolute Gasteiger partial charge is 0.423 e. The number of para-hydroxylation sites is 1. The summed E-state index contributed by atoms with van der Waals surface area (Å²) in [4.78, 5) is 28.6. The fraction of sp³-hybridized carbons (Fsp3) is 0.407. The van der Waals surface area contributed by atoms with Gasteiger partial charge in [0.2, 0.25) is 0 Å². The van der Waals surface area contributed by atoms with Crippen molar-refractivity contribution in [2.75, 3.05) is 26.2 Å². The average molecular weight is 544 g/mol. The van der Waals surface area contributed by atoms with E-state index in [0.717, 1.165) is 28.8 Å². The summed E-state index contributed by atoms with van der Waals surface area (Å²) < 4.78 is 8.48. The summed E-state index contributed by atoms with van der Waals surface area (Å²) in [5.74, 6) is -0.683. The second-order valence-corrected chi connectivity index (χ2v) is 10.4. The number of aromatic nitrogens is 1. The summed E-state index contributed by atoms with van der Waals surface area (Å²) in [6, 6.07) is 15.1. The van der Waals surface area contributed by atoms with Crippen molar-refractivity contribution in [3.63, 3.8) is 0 Å². The molecule has 1 atom stereocenters. The summed E-state index contributed by atoms with van der Waals surface area (Å²) in [5, 5.41) is 14.0. The molecule has 0 radical (unpaired) electrons. The number of nitrogens with one attached hydrogen (secondary N) is 1. The lowest BCUT2D eigenvalue weighted by atomic mass is 9.97. The van der Waals surface area contributed by atoms with Crippen molar-refractivity contribution < 1.29 is 19.4 Å². The number of carbonyl (C=O) groups excluding carboxylic acids is 2. The van der Waals surface area contributed by atoms with E-state index in [1.807, 2.05) is 62.4 Å². The van der Waals surface area contributed by atoms with Crippen molar-refractivity contribution in [3.05, 3.63) is 58.7 Å². The summed E-state index contributed by atoms with van der Waals surface area (Å²) in [5.41, 5.74) is 0.926. The Kier molecular flexibility index (Phi) is 8.74. The predicted molar refractivity (Wildman–Crippen MR) is 142 cm³/mol. The molecule has 0 bridgehead atoms. The molecule has 1 unspecified atom stereocenters. The number of aliphatic hydroxyl groups excluding tert-OH is 1. The minimum absolute atomic E-state index is 0.0714. The summed E-state index contributed by atoms with van der Waals surface area (Å²) >= 11 is 3.50. The number of ether oxygens (including phenoxy) is 1. The van der Waals surface area contributed by atoms with Gasteiger partial charge in [-0.2, -0.15) is 0 Å². The van der Waals surface area contributed by atoms with Gasteiger partial charge in [0.05, 0.1) is 17.0 Å². The molecule has 1 amide bonds. The van der Waals surface area contributed by atoms with Crippen molar-refractivity contribution in [1.82, 2.24) is 14.8 Å². The molecule has 2 N–H and O–H groups in total. The third kappa shape index (κ3) is 6.31. The lowest BCUT2D eigenvalue weighted by Gasteiger charge is -2.22. The van der Waals surface area contributed by atoms with Gasteiger partial charge in [0.1, 0.15) is 0 Å². The van der Waals surface area contributed by atoms with Gasteiger partial charge in [0.25, 0.3) is 5.91 Å². The number of amides is 1. The summed E-state index contributed by atoms with van der Waals surface area (Å²) in [6.07, 6.45) is -0.733. The molecule has 35 heavy (non-hydrogen) atoms. The molecule has 1 heterocycles. The van der Waals surface area contributed by atoms with Crippen LogP contribution in [0.4, 0.5) is 0 Å². The molecule has 1 aromatic heterocycles. The van der Waals surface area contributed by atoms with E-state index in [1.54, 1.807) is 25.3 Å². The molecule has 0 fully saturated rings. The Labute approximate surface area is 215 Å². The van der Waals surface area contributed by atoms with E-state index in [-0.39, 0.29) is 18.0 Å². The first-order valence-corrected chi connectivity index (χ1v) is 12.7. The second kappa shape index (κ2) is 11.4. The second-order valence-electron chi connectivity index (χ2n) is 9.50. The van der Waals surface area contributed by atoms with Crippen molar-refractivity contribution in [2.45, 2.75) is 40.7 Å². The monoisotopic (exact) mass is 543 g/mol. The van der Waals surface area contributed by atoms with Gasteiger partial charge in [0, 0.05) is 28.6 Å². The molecule has 0 saturated carbocycles. The van der Waals surface area contributed by atoms with E-state index in [0.29, 0.717) is 11.9 Å². The average Bonchev–Trinajstić information content (AvgIpc) is 3.14. The highest BCUT2D eigenvalue weighted by molar-refractivity contribution is 9.10. The maximum atomic E-state index is 13.6. The van der Waals surface area contributed by atoms with Crippen LogP contribution in [0, 0.1) is 5.41 Å². The number of likely N-dealkylation sites (N-methyl/N-ethyl adjacent to an activating group) is 1. The van der Waals surface area contributed by atoms with Crippen LogP contribution in [-0.2, 0) is 4.79 Å². The number of fused-ring (bicyclic) bond motifs is 1. The molecule has 3 aromatic rings. The quantitative estimate of drug-likeness (QED) is 0.379. The van der Waals surface area contributed by atoms with Gasteiger partial charge < -0.3 is 24.6 Å². The molecule has 0 spiro atoms. The molecule has 188 valence electrons. The number of aliphatic hydroxyl groups is 1. The van der Waals surface area contributed by atoms with E-state index in [2.05, 4.69) is 26.1 Å². The number of halogens is 1. The Bertz CT molecular complexity index is 1180. The molecular formula is C27H34BrN3O4. The summed E-state index contributed by atoms with van der Waals surface area (Å²) in [6.45, 7) is 11.5. The van der Waals surface area contributed by atoms with E-state index in [4.69, 9.17) is 4.74 Å². The van der Waals surface area contributed by atoms with Crippen molar-refractivity contribution in [1.29, 1.82) is 0 Å². The van der Waals surface area contributed by atoms with Gasteiger partial charge in [-0.1, -0.05) is 48.0 Å². The Balaban J connectivity index is 2.10. The first-order valence-electron chi connectivity index (χ1n) is 11.9. The maximum Gasteiger partial charge on any atom is 0.316 e. The smallest absolute Gasteiger partial charge is 0.316 e. The van der Waals surface area contributed by atoms with Crippen LogP contribution in [0.3, 0.4) is 0 Å². The van der Waals surface area contributed by atoms with Gasteiger partial charge in [0.15, 0.2) is 11.4 Å². The number of rotatable bonds is 9. The van der Waals surface area contributed by atoms with Crippen LogP contribution in [0.1, 0.15) is 45.1 Å². The minimum atomic E-state index is -0.763. The number of hydrogen-bond acceptors (Lipinski definition) is 5. The molecule has 0 aliphatic rings. The van der Waals surface area contributed by atoms with Crippen molar-refractivity contribution in [2.24, 2.45) is 5.41 Å². The van der Waals surface area contributed by atoms with Crippen LogP contribution < -0.4 is 10.1 Å². The Morgan fingerprint density at radius 1 is 1.11 bits per heavy atom. The number of nitrogens with zero attached hydrogens (tertiary/aromatic N) is 2. The first-order chi connectivity index (χ1) is 16.6.